The number of benzene rings is 2. The Kier molecular flexibility index (Phi) is 6.62. The highest BCUT2D eigenvalue weighted by Crippen LogP contribution is 2.23. The van der Waals surface area contributed by atoms with Gasteiger partial charge in [-0.2, -0.15) is 0 Å². The van der Waals surface area contributed by atoms with Crippen molar-refractivity contribution >= 4 is 15.9 Å². The molecule has 2 rings (SSSR count). The lowest BCUT2D eigenvalue weighted by molar-refractivity contribution is 0.0954. The van der Waals surface area contributed by atoms with E-state index in [9.17, 15) is 13.2 Å². The predicted octanol–water partition coefficient (Wildman–Crippen LogP) is 2.70. The molecule has 0 radical (unpaired) electrons. The molecule has 2 N–H and O–H groups in total. The number of carbonyl (C=O) groups is 1. The minimum Gasteiger partial charge on any atom is -0.497 e. The first-order valence-electron chi connectivity index (χ1n) is 8.66. The van der Waals surface area contributed by atoms with Gasteiger partial charge in [0.15, 0.2) is 0 Å². The molecular weight excluding hydrogens is 364 g/mol. The number of rotatable bonds is 7. The minimum absolute atomic E-state index is 0.0415. The number of hydrogen-bond donors (Lipinski definition) is 2. The van der Waals surface area contributed by atoms with Gasteiger partial charge in [0.05, 0.1) is 12.0 Å². The van der Waals surface area contributed by atoms with E-state index in [-0.39, 0.29) is 29.3 Å². The standard InChI is InChI=1S/C20H26N2O4S/c1-20(2,3)16-8-10-18(11-9-16)27(24,25)22-13-12-21-19(23)15-6-5-7-17(14-15)26-4/h5-11,14,22H,12-13H2,1-4H3,(H,21,23). The molecule has 0 fully saturated rings. The number of amides is 1. The monoisotopic (exact) mass is 390 g/mol. The Balaban J connectivity index is 1.89. The molecule has 0 aromatic heterocycles. The van der Waals surface area contributed by atoms with E-state index >= 15 is 0 Å². The summed E-state index contributed by atoms with van der Waals surface area (Å²) in [5.74, 6) is 0.296. The molecular formula is C20H26N2O4S. The number of carbonyl (C=O) groups excluding carboxylic acids is 1. The first-order chi connectivity index (χ1) is 12.6. The maximum atomic E-state index is 12.4. The number of sulfonamides is 1. The molecule has 7 heteroatoms. The number of methoxy groups -OCH3 is 1. The second-order valence-corrected chi connectivity index (χ2v) is 8.93. The molecule has 0 saturated heterocycles. The van der Waals surface area contributed by atoms with Crippen LogP contribution >= 0.6 is 0 Å². The predicted molar refractivity (Wildman–Crippen MR) is 106 cm³/mol. The third kappa shape index (κ3) is 5.80. The quantitative estimate of drug-likeness (QED) is 0.712. The van der Waals surface area contributed by atoms with E-state index in [1.54, 1.807) is 36.4 Å². The van der Waals surface area contributed by atoms with Gasteiger partial charge in [0.1, 0.15) is 5.75 Å². The van der Waals surface area contributed by atoms with E-state index in [2.05, 4.69) is 30.8 Å². The third-order valence-corrected chi connectivity index (χ3v) is 5.54. The van der Waals surface area contributed by atoms with Crippen molar-refractivity contribution in [3.63, 3.8) is 0 Å². The SMILES string of the molecule is COc1cccc(C(=O)NCCNS(=O)(=O)c2ccc(C(C)(C)C)cc2)c1. The summed E-state index contributed by atoms with van der Waals surface area (Å²) in [4.78, 5) is 12.3. The smallest absolute Gasteiger partial charge is 0.251 e. The van der Waals surface area contributed by atoms with Gasteiger partial charge in [-0.15, -0.1) is 0 Å². The van der Waals surface area contributed by atoms with Gasteiger partial charge in [0.2, 0.25) is 10.0 Å². The van der Waals surface area contributed by atoms with Crippen LogP contribution in [0.5, 0.6) is 5.75 Å². The van der Waals surface area contributed by atoms with Crippen LogP contribution in [-0.2, 0) is 15.4 Å². The Bertz CT molecular complexity index is 885. The lowest BCUT2D eigenvalue weighted by atomic mass is 9.87. The molecule has 0 unspecified atom stereocenters. The number of nitrogens with one attached hydrogen (secondary N) is 2. The van der Waals surface area contributed by atoms with Gasteiger partial charge in [-0.3, -0.25) is 4.79 Å². The van der Waals surface area contributed by atoms with Crippen LogP contribution in [0.4, 0.5) is 0 Å². The molecule has 146 valence electrons. The highest BCUT2D eigenvalue weighted by molar-refractivity contribution is 7.89. The lowest BCUT2D eigenvalue weighted by Crippen LogP contribution is -2.34. The Morgan fingerprint density at radius 1 is 1.04 bits per heavy atom. The van der Waals surface area contributed by atoms with Gasteiger partial charge in [-0.1, -0.05) is 39.0 Å². The van der Waals surface area contributed by atoms with E-state index in [1.165, 1.54) is 7.11 Å². The van der Waals surface area contributed by atoms with Crippen LogP contribution in [0, 0.1) is 0 Å². The Hall–Kier alpha value is -2.38. The molecule has 1 amide bonds. The summed E-state index contributed by atoms with van der Waals surface area (Å²) in [6.45, 7) is 6.48. The van der Waals surface area contributed by atoms with Crippen molar-refractivity contribution < 1.29 is 17.9 Å². The number of hydrogen-bond acceptors (Lipinski definition) is 4. The zero-order valence-electron chi connectivity index (χ0n) is 16.1. The van der Waals surface area contributed by atoms with Crippen molar-refractivity contribution in [1.82, 2.24) is 10.0 Å². The molecule has 0 aliphatic rings. The van der Waals surface area contributed by atoms with Crippen LogP contribution in [0.1, 0.15) is 36.7 Å². The topological polar surface area (TPSA) is 84.5 Å². The molecule has 0 atom stereocenters. The zero-order valence-corrected chi connectivity index (χ0v) is 16.9. The van der Waals surface area contributed by atoms with Crippen LogP contribution in [0.15, 0.2) is 53.4 Å². The normalized spacial score (nSPS) is 11.9. The summed E-state index contributed by atoms with van der Waals surface area (Å²) in [6.07, 6.45) is 0. The van der Waals surface area contributed by atoms with Gasteiger partial charge >= 0.3 is 0 Å². The van der Waals surface area contributed by atoms with Crippen LogP contribution in [0.2, 0.25) is 0 Å². The first-order valence-corrected chi connectivity index (χ1v) is 10.1. The third-order valence-electron chi connectivity index (χ3n) is 4.07. The maximum absolute atomic E-state index is 12.4. The molecule has 0 heterocycles. The van der Waals surface area contributed by atoms with Crippen LogP contribution in [0.3, 0.4) is 0 Å². The van der Waals surface area contributed by atoms with E-state index < -0.39 is 10.0 Å². The van der Waals surface area contributed by atoms with Gasteiger partial charge in [-0.05, 0) is 41.3 Å². The van der Waals surface area contributed by atoms with Crippen molar-refractivity contribution in [3.05, 3.63) is 59.7 Å². The highest BCUT2D eigenvalue weighted by Gasteiger charge is 2.17. The van der Waals surface area contributed by atoms with Gasteiger partial charge in [0, 0.05) is 18.7 Å². The molecule has 27 heavy (non-hydrogen) atoms. The van der Waals surface area contributed by atoms with Crippen LogP contribution in [-0.4, -0.2) is 34.5 Å². The van der Waals surface area contributed by atoms with E-state index in [0.717, 1.165) is 5.56 Å². The maximum Gasteiger partial charge on any atom is 0.251 e. The average molecular weight is 391 g/mol. The van der Waals surface area contributed by atoms with E-state index in [4.69, 9.17) is 4.74 Å². The van der Waals surface area contributed by atoms with E-state index in [0.29, 0.717) is 11.3 Å². The summed E-state index contributed by atoms with van der Waals surface area (Å²) < 4.78 is 32.3. The molecule has 0 aliphatic carbocycles. The molecule has 0 aliphatic heterocycles. The largest absolute Gasteiger partial charge is 0.497 e. The minimum atomic E-state index is -3.62. The van der Waals surface area contributed by atoms with Crippen molar-refractivity contribution in [3.8, 4) is 5.75 Å². The molecule has 2 aromatic carbocycles. The fourth-order valence-electron chi connectivity index (χ4n) is 2.45. The first kappa shape index (κ1) is 20.9. The molecule has 0 bridgehead atoms. The van der Waals surface area contributed by atoms with Crippen LogP contribution < -0.4 is 14.8 Å². The highest BCUT2D eigenvalue weighted by atomic mass is 32.2. The van der Waals surface area contributed by atoms with Gasteiger partial charge in [0.25, 0.3) is 5.91 Å². The average Bonchev–Trinajstić information content (AvgIpc) is 2.64. The fraction of sp³-hybridized carbons (Fsp3) is 0.350. The summed E-state index contributed by atoms with van der Waals surface area (Å²) in [5, 5.41) is 2.68. The van der Waals surface area contributed by atoms with Crippen LogP contribution in [0.25, 0.3) is 0 Å². The van der Waals surface area contributed by atoms with Gasteiger partial charge in [-0.25, -0.2) is 13.1 Å². The van der Waals surface area contributed by atoms with E-state index in [1.807, 2.05) is 12.1 Å². The number of ether oxygens (including phenoxy) is 1. The van der Waals surface area contributed by atoms with Gasteiger partial charge < -0.3 is 10.1 Å². The summed E-state index contributed by atoms with van der Waals surface area (Å²) in [6, 6.07) is 13.6. The Labute approximate surface area is 161 Å². The van der Waals surface area contributed by atoms with Crippen molar-refractivity contribution in [2.75, 3.05) is 20.2 Å². The fourth-order valence-corrected chi connectivity index (χ4v) is 3.48. The summed E-state index contributed by atoms with van der Waals surface area (Å²) in [7, 11) is -2.09. The Morgan fingerprint density at radius 3 is 2.30 bits per heavy atom. The lowest BCUT2D eigenvalue weighted by Gasteiger charge is -2.19. The molecule has 0 saturated carbocycles. The van der Waals surface area contributed by atoms with Crippen molar-refractivity contribution in [2.45, 2.75) is 31.1 Å². The second-order valence-electron chi connectivity index (χ2n) is 7.16. The zero-order chi connectivity index (χ0) is 20.1. The Morgan fingerprint density at radius 2 is 1.70 bits per heavy atom. The molecule has 6 nitrogen and oxygen atoms in total. The van der Waals surface area contributed by atoms with Crippen molar-refractivity contribution in [1.29, 1.82) is 0 Å². The summed E-state index contributed by atoms with van der Waals surface area (Å²) in [5.41, 5.74) is 1.47. The molecule has 0 spiro atoms. The summed E-state index contributed by atoms with van der Waals surface area (Å²) >= 11 is 0. The second kappa shape index (κ2) is 8.54. The molecule has 2 aromatic rings. The van der Waals surface area contributed by atoms with Crippen molar-refractivity contribution in [2.24, 2.45) is 0 Å².